The molecule has 4 aromatic carbocycles. The molecule has 0 spiro atoms. The Bertz CT molecular complexity index is 4970. The van der Waals surface area contributed by atoms with Gasteiger partial charge in [-0.1, -0.05) is 46.4 Å². The monoisotopic (exact) mass is 1530 g/mol. The number of carbonyl (C=O) groups excluding carboxylic acids is 5. The van der Waals surface area contributed by atoms with Crippen molar-refractivity contribution in [2.45, 2.75) is 6.92 Å². The van der Waals surface area contributed by atoms with E-state index >= 15 is 0 Å². The van der Waals surface area contributed by atoms with E-state index in [9.17, 15) is 42.3 Å². The van der Waals surface area contributed by atoms with Gasteiger partial charge in [0, 0.05) is 80.0 Å². The number of H-pyrrole nitrogens is 1. The van der Waals surface area contributed by atoms with Gasteiger partial charge in [-0.2, -0.15) is 0 Å². The van der Waals surface area contributed by atoms with Crippen LogP contribution in [0, 0.1) is 24.4 Å². The summed E-state index contributed by atoms with van der Waals surface area (Å²) in [6.45, 7) is 11.3. The van der Waals surface area contributed by atoms with Gasteiger partial charge >= 0.3 is 0 Å². The Morgan fingerprint density at radius 1 is 0.581 bits per heavy atom. The smallest absolute Gasteiger partial charge is 0.267 e. The summed E-state index contributed by atoms with van der Waals surface area (Å²) in [7, 11) is 0. The molecule has 105 heavy (non-hydrogen) atoms. The van der Waals surface area contributed by atoms with Gasteiger partial charge < -0.3 is 61.1 Å². The van der Waals surface area contributed by atoms with E-state index in [0.29, 0.717) is 186 Å². The van der Waals surface area contributed by atoms with Crippen LogP contribution in [0.1, 0.15) is 58.5 Å². The largest absolute Gasteiger partial charge is 0.508 e. The van der Waals surface area contributed by atoms with Gasteiger partial charge in [0.15, 0.2) is 0 Å². The van der Waals surface area contributed by atoms with Crippen molar-refractivity contribution in [3.8, 4) is 5.75 Å². The number of thiophene rings is 1. The number of hydrogen-bond donors (Lipinski definition) is 8. The lowest BCUT2D eigenvalue weighted by atomic mass is 10.1. The summed E-state index contributed by atoms with van der Waals surface area (Å²) >= 11 is 25.2. The van der Waals surface area contributed by atoms with E-state index in [2.05, 4.69) is 76.6 Å². The van der Waals surface area contributed by atoms with Crippen LogP contribution < -0.4 is 36.8 Å². The van der Waals surface area contributed by atoms with E-state index < -0.39 is 17.5 Å². The number of morpholine rings is 3. The number of rotatable bonds is 16. The van der Waals surface area contributed by atoms with Crippen LogP contribution in [0.4, 0.5) is 65.1 Å². The SMILES string of the molecule is Cc1cc(C(=O)NCCN2CCOCC2)[nH]c1/C=C1\C(=O)N(CN2CCOCC2)c2ncnc(Nc3ccc(F)c(Cl)c3)c21.O=C1Nc2ncnc(Nc3ccc(F)c(Cl)c3)c2/C1=C/c1ccc(C(=O)N2CCOCC2)s1.O=C1Nc2ncnc(Nc3ccc(F)c(Cl)c3)c2/C1=C/c1ccc(O)cc1Cl. The lowest BCUT2D eigenvalue weighted by molar-refractivity contribution is -0.114. The minimum atomic E-state index is -0.542. The van der Waals surface area contributed by atoms with Crippen molar-refractivity contribution < 1.29 is 56.5 Å². The number of carbonyl (C=O) groups is 5. The molecule has 0 unspecified atom stereocenters. The van der Waals surface area contributed by atoms with Crippen molar-refractivity contribution >= 4 is 174 Å². The third-order valence-corrected chi connectivity index (χ3v) is 19.3. The van der Waals surface area contributed by atoms with Crippen molar-refractivity contribution in [1.82, 2.24) is 54.9 Å². The maximum atomic E-state index is 14.0. The van der Waals surface area contributed by atoms with Crippen molar-refractivity contribution in [3.63, 3.8) is 0 Å². The van der Waals surface area contributed by atoms with Crippen LogP contribution in [-0.4, -0.2) is 183 Å². The fourth-order valence-corrected chi connectivity index (χ4v) is 13.5. The van der Waals surface area contributed by atoms with Gasteiger partial charge in [0.1, 0.15) is 82.8 Å². The molecular weight excluding hydrogens is 1470 g/mol. The number of fused-ring (bicyclic) bond motifs is 3. The molecule has 34 heteroatoms. The molecule has 9 aromatic rings. The highest BCUT2D eigenvalue weighted by atomic mass is 35.5. The van der Waals surface area contributed by atoms with E-state index in [4.69, 9.17) is 60.6 Å². The first kappa shape index (κ1) is 73.0. The number of anilines is 9. The summed E-state index contributed by atoms with van der Waals surface area (Å²) in [5.74, 6) is -0.626. The minimum Gasteiger partial charge on any atom is -0.508 e. The Morgan fingerprint density at radius 3 is 1.64 bits per heavy atom. The summed E-state index contributed by atoms with van der Waals surface area (Å²) < 4.78 is 56.9. The highest BCUT2D eigenvalue weighted by Crippen LogP contribution is 2.44. The highest BCUT2D eigenvalue weighted by Gasteiger charge is 2.39. The maximum absolute atomic E-state index is 14.0. The van der Waals surface area contributed by atoms with E-state index in [1.54, 1.807) is 58.4 Å². The molecule has 3 fully saturated rings. The molecule has 5 aromatic heterocycles. The number of aromatic hydroxyl groups is 1. The maximum Gasteiger partial charge on any atom is 0.267 e. The first-order chi connectivity index (χ1) is 50.8. The predicted molar refractivity (Wildman–Crippen MR) is 395 cm³/mol. The van der Waals surface area contributed by atoms with Crippen LogP contribution in [0.5, 0.6) is 5.75 Å². The summed E-state index contributed by atoms with van der Waals surface area (Å²) in [4.78, 5) is 103. The zero-order chi connectivity index (χ0) is 73.4. The summed E-state index contributed by atoms with van der Waals surface area (Å²) in [5, 5.41) is 27.3. The Labute approximate surface area is 621 Å². The Hall–Kier alpha value is -10.4. The van der Waals surface area contributed by atoms with Gasteiger partial charge in [0.2, 0.25) is 0 Å². The normalized spacial score (nSPS) is 16.8. The van der Waals surface area contributed by atoms with Gasteiger partial charge in [-0.3, -0.25) is 38.7 Å². The van der Waals surface area contributed by atoms with Gasteiger partial charge in [0.25, 0.3) is 29.5 Å². The fourth-order valence-electron chi connectivity index (χ4n) is 11.8. The number of amides is 5. The molecule has 0 radical (unpaired) electrons. The van der Waals surface area contributed by atoms with Crippen molar-refractivity contribution in [2.75, 3.05) is 130 Å². The zero-order valence-corrected chi connectivity index (χ0v) is 59.3. The summed E-state index contributed by atoms with van der Waals surface area (Å²) in [6.07, 6.45) is 9.01. The molecule has 540 valence electrons. The number of aryl methyl sites for hydroxylation is 1. The number of nitrogens with zero attached hydrogens (tertiary/aromatic N) is 10. The number of benzene rings is 4. The predicted octanol–water partition coefficient (Wildman–Crippen LogP) is 11.8. The quantitative estimate of drug-likeness (QED) is 0.0417. The number of hydrogen-bond acceptors (Lipinski definition) is 21. The highest BCUT2D eigenvalue weighted by molar-refractivity contribution is 7.15. The Balaban J connectivity index is 0.000000144. The number of ether oxygens (including phenoxy) is 3. The van der Waals surface area contributed by atoms with E-state index in [1.807, 2.05) is 6.92 Å². The van der Waals surface area contributed by atoms with Crippen LogP contribution in [0.15, 0.2) is 110 Å². The van der Waals surface area contributed by atoms with E-state index in [1.165, 1.54) is 91.0 Å². The molecular formula is C71H62Cl4F3N17O9S. The number of halogens is 7. The van der Waals surface area contributed by atoms with Gasteiger partial charge in [0.05, 0.1) is 105 Å². The van der Waals surface area contributed by atoms with E-state index in [0.717, 1.165) is 30.1 Å². The first-order valence-electron chi connectivity index (χ1n) is 32.6. The minimum absolute atomic E-state index is 0.0160. The molecule has 6 aliphatic rings. The summed E-state index contributed by atoms with van der Waals surface area (Å²) in [5.41, 5.74) is 6.28. The molecule has 0 bridgehead atoms. The number of aromatic nitrogens is 7. The standard InChI is InChI=1S/C30H34ClFN8O4.C22H17ClFN5O3S.C19H11Cl2FN4O2/c1-19-14-25(29(41)33-4-5-38-6-10-43-11-7-38)37-24(19)16-21-26-27(36-20-2-3-23(32)22(31)15-20)34-17-35-28(26)40(30(21)42)18-39-8-12-44-13-9-39;23-15-9-12(1-3-16(15)24)27-19-18-14(21(30)28-20(18)26-11-25-19)10-13-2-4-17(33-13)22(31)29-5-7-32-8-6-29;20-13-7-11(27)3-1-9(13)5-12-16-17(23-8-24-18(16)26-19(12)28)25-10-2-4-15(22)14(21)6-10/h2-3,14-17,37H,4-13,18H2,1H3,(H,33,41)(H,34,35,36);1-4,9-11H,5-8H2,(H2,25,26,27,28,30);1-8,27H,(H2,23,24,25,26,28)/b21-16-;14-10-;12-5-. The Kier molecular flexibility index (Phi) is 22.7. The van der Waals surface area contributed by atoms with Gasteiger partial charge in [-0.05, 0) is 127 Å². The van der Waals surface area contributed by atoms with Crippen molar-refractivity contribution in [3.05, 3.63) is 196 Å². The fraction of sp³-hybridized carbons (Fsp3) is 0.225. The number of nitrogens with one attached hydrogen (secondary N) is 7. The van der Waals surface area contributed by atoms with Crippen LogP contribution in [0.25, 0.3) is 34.9 Å². The number of phenols is 1. The first-order valence-corrected chi connectivity index (χ1v) is 35.0. The molecule has 6 aliphatic heterocycles. The second kappa shape index (κ2) is 32.7. The molecule has 15 rings (SSSR count). The molecule has 3 saturated heterocycles. The molecule has 8 N–H and O–H groups in total. The van der Waals surface area contributed by atoms with Crippen molar-refractivity contribution in [1.29, 1.82) is 0 Å². The zero-order valence-electron chi connectivity index (χ0n) is 55.5. The number of aromatic amines is 1. The third-order valence-electron chi connectivity index (χ3n) is 17.1. The van der Waals surface area contributed by atoms with Crippen molar-refractivity contribution in [2.24, 2.45) is 0 Å². The molecule has 11 heterocycles. The molecule has 5 amide bonds. The molecule has 0 aliphatic carbocycles. The second-order valence-corrected chi connectivity index (χ2v) is 26.8. The molecule has 0 saturated carbocycles. The van der Waals surface area contributed by atoms with Crippen LogP contribution in [0.3, 0.4) is 0 Å². The van der Waals surface area contributed by atoms with E-state index in [-0.39, 0.29) is 55.4 Å². The van der Waals surface area contributed by atoms with Gasteiger partial charge in [-0.25, -0.2) is 43.1 Å². The van der Waals surface area contributed by atoms with Crippen LogP contribution in [0.2, 0.25) is 20.1 Å². The molecule has 26 nitrogen and oxygen atoms in total. The Morgan fingerprint density at radius 2 is 1.10 bits per heavy atom. The van der Waals surface area contributed by atoms with Crippen LogP contribution in [-0.2, 0) is 28.6 Å². The third kappa shape index (κ3) is 17.1. The average Bonchev–Trinajstić information content (AvgIpc) is 1.63. The summed E-state index contributed by atoms with van der Waals surface area (Å²) in [6, 6.07) is 22.3. The van der Waals surface area contributed by atoms with Crippen LogP contribution >= 0.6 is 57.7 Å². The number of phenolic OH excluding ortho intramolecular Hbond substituents is 1. The second-order valence-electron chi connectivity index (χ2n) is 24.1. The lowest BCUT2D eigenvalue weighted by Gasteiger charge is -2.30. The lowest BCUT2D eigenvalue weighted by Crippen LogP contribution is -2.45. The average molecular weight is 1530 g/mol. The van der Waals surface area contributed by atoms with Gasteiger partial charge in [-0.15, -0.1) is 11.3 Å². The molecule has 0 atom stereocenters. The topological polar surface area (TPSA) is 312 Å².